The lowest BCUT2D eigenvalue weighted by Gasteiger charge is -2.08. The van der Waals surface area contributed by atoms with Gasteiger partial charge in [-0.25, -0.2) is 14.6 Å². The number of aromatic nitrogens is 4. The first-order valence-electron chi connectivity index (χ1n) is 8.02. The summed E-state index contributed by atoms with van der Waals surface area (Å²) in [4.78, 5) is 32.2. The highest BCUT2D eigenvalue weighted by molar-refractivity contribution is 5.99. The van der Waals surface area contributed by atoms with Crippen LogP contribution in [-0.2, 0) is 4.79 Å². The van der Waals surface area contributed by atoms with Crippen LogP contribution in [0.2, 0.25) is 0 Å². The van der Waals surface area contributed by atoms with Crippen molar-refractivity contribution < 1.29 is 9.59 Å². The molecule has 0 unspecified atom stereocenters. The number of nitrogens with zero attached hydrogens (tertiary/aromatic N) is 4. The van der Waals surface area contributed by atoms with Crippen molar-refractivity contribution in [2.45, 2.75) is 13.8 Å². The third-order valence-electron chi connectivity index (χ3n) is 3.59. The van der Waals surface area contributed by atoms with Crippen LogP contribution in [0.4, 0.5) is 5.82 Å². The van der Waals surface area contributed by atoms with Gasteiger partial charge in [0.25, 0.3) is 5.91 Å². The maximum Gasteiger partial charge on any atom is 0.251 e. The molecule has 26 heavy (non-hydrogen) atoms. The highest BCUT2D eigenvalue weighted by atomic mass is 16.2. The van der Waals surface area contributed by atoms with Gasteiger partial charge in [-0.15, -0.1) is 0 Å². The summed E-state index contributed by atoms with van der Waals surface area (Å²) >= 11 is 0. The minimum Gasteiger partial charge on any atom is -0.343 e. The molecule has 2 aromatic heterocycles. The zero-order chi connectivity index (χ0) is 18.5. The lowest BCUT2D eigenvalue weighted by molar-refractivity contribution is -0.115. The van der Waals surface area contributed by atoms with E-state index >= 15 is 0 Å². The quantitative estimate of drug-likeness (QED) is 0.728. The van der Waals surface area contributed by atoms with Crippen molar-refractivity contribution in [2.75, 3.05) is 11.9 Å². The number of aryl methyl sites for hydroxylation is 2. The lowest BCUT2D eigenvalue weighted by Crippen LogP contribution is -2.33. The molecular weight excluding hydrogens is 332 g/mol. The summed E-state index contributed by atoms with van der Waals surface area (Å²) in [6.45, 7) is 3.65. The van der Waals surface area contributed by atoms with Crippen LogP contribution in [0.3, 0.4) is 0 Å². The minimum absolute atomic E-state index is 0.160. The molecule has 0 spiro atoms. The second-order valence-corrected chi connectivity index (χ2v) is 5.70. The molecule has 0 saturated carbocycles. The topological polar surface area (TPSA) is 102 Å². The minimum atomic E-state index is -0.382. The molecule has 0 bridgehead atoms. The van der Waals surface area contributed by atoms with E-state index in [0.29, 0.717) is 17.2 Å². The summed E-state index contributed by atoms with van der Waals surface area (Å²) < 4.78 is 1.67. The maximum atomic E-state index is 12.1. The second-order valence-electron chi connectivity index (χ2n) is 5.70. The van der Waals surface area contributed by atoms with E-state index in [0.717, 1.165) is 11.4 Å². The average Bonchev–Trinajstić information content (AvgIpc) is 2.99. The van der Waals surface area contributed by atoms with E-state index in [4.69, 9.17) is 0 Å². The Kier molecular flexibility index (Phi) is 5.02. The van der Waals surface area contributed by atoms with Crippen molar-refractivity contribution in [1.82, 2.24) is 25.1 Å². The van der Waals surface area contributed by atoms with Gasteiger partial charge in [-0.3, -0.25) is 9.59 Å². The Balaban J connectivity index is 1.62. The molecule has 0 fully saturated rings. The van der Waals surface area contributed by atoms with Gasteiger partial charge in [0.2, 0.25) is 5.91 Å². The van der Waals surface area contributed by atoms with Gasteiger partial charge in [0, 0.05) is 17.3 Å². The Morgan fingerprint density at radius 2 is 1.85 bits per heavy atom. The van der Waals surface area contributed by atoms with Gasteiger partial charge in [-0.1, -0.05) is 18.2 Å². The molecule has 2 amide bonds. The Morgan fingerprint density at radius 3 is 2.54 bits per heavy atom. The van der Waals surface area contributed by atoms with Crippen LogP contribution >= 0.6 is 0 Å². The molecule has 3 rings (SSSR count). The van der Waals surface area contributed by atoms with Crippen molar-refractivity contribution in [3.8, 4) is 5.82 Å². The van der Waals surface area contributed by atoms with Gasteiger partial charge in [-0.2, -0.15) is 5.10 Å². The molecule has 132 valence electrons. The first kappa shape index (κ1) is 17.3. The smallest absolute Gasteiger partial charge is 0.251 e. The predicted octanol–water partition coefficient (Wildman–Crippen LogP) is 1.65. The highest BCUT2D eigenvalue weighted by Gasteiger charge is 2.10. The fourth-order valence-electron chi connectivity index (χ4n) is 2.43. The standard InChI is InChI=1S/C18H18N6O2/c1-12-8-13(2)24(23-12)16-9-15(20-11-21-16)22-17(25)10-19-18(26)14-6-4-3-5-7-14/h3-9,11H,10H2,1-2H3,(H,19,26)(H,20,21,22,25). The zero-order valence-corrected chi connectivity index (χ0v) is 14.4. The van der Waals surface area contributed by atoms with E-state index in [2.05, 4.69) is 25.7 Å². The number of anilines is 1. The molecule has 2 N–H and O–H groups in total. The summed E-state index contributed by atoms with van der Waals surface area (Å²) in [5, 5.41) is 9.56. The van der Waals surface area contributed by atoms with Crippen molar-refractivity contribution >= 4 is 17.6 Å². The molecule has 0 saturated heterocycles. The third-order valence-corrected chi connectivity index (χ3v) is 3.59. The van der Waals surface area contributed by atoms with Crippen LogP contribution in [0, 0.1) is 13.8 Å². The number of hydrogen-bond acceptors (Lipinski definition) is 5. The summed E-state index contributed by atoms with van der Waals surface area (Å²) in [5.74, 6) is 0.190. The van der Waals surface area contributed by atoms with E-state index in [1.807, 2.05) is 26.0 Å². The molecule has 1 aromatic carbocycles. The van der Waals surface area contributed by atoms with Crippen LogP contribution in [-0.4, -0.2) is 38.1 Å². The number of rotatable bonds is 5. The maximum absolute atomic E-state index is 12.1. The van der Waals surface area contributed by atoms with Crippen LogP contribution in [0.15, 0.2) is 48.8 Å². The average molecular weight is 350 g/mol. The van der Waals surface area contributed by atoms with E-state index in [1.54, 1.807) is 35.0 Å². The molecule has 8 nitrogen and oxygen atoms in total. The molecule has 0 aliphatic carbocycles. The molecule has 3 aromatic rings. The highest BCUT2D eigenvalue weighted by Crippen LogP contribution is 2.12. The SMILES string of the molecule is Cc1cc(C)n(-c2cc(NC(=O)CNC(=O)c3ccccc3)ncn2)n1. The van der Waals surface area contributed by atoms with Crippen molar-refractivity contribution in [3.05, 3.63) is 65.7 Å². The molecule has 0 aliphatic heterocycles. The number of hydrogen-bond donors (Lipinski definition) is 2. The van der Waals surface area contributed by atoms with Crippen molar-refractivity contribution in [3.63, 3.8) is 0 Å². The molecule has 8 heteroatoms. The van der Waals surface area contributed by atoms with Crippen molar-refractivity contribution in [2.24, 2.45) is 0 Å². The fourth-order valence-corrected chi connectivity index (χ4v) is 2.43. The first-order chi connectivity index (χ1) is 12.5. The van der Waals surface area contributed by atoms with E-state index in [-0.39, 0.29) is 18.4 Å². The van der Waals surface area contributed by atoms with Gasteiger partial charge in [0.15, 0.2) is 5.82 Å². The Hall–Kier alpha value is -3.55. The normalized spacial score (nSPS) is 10.4. The van der Waals surface area contributed by atoms with Crippen LogP contribution < -0.4 is 10.6 Å². The van der Waals surface area contributed by atoms with Crippen LogP contribution in [0.1, 0.15) is 21.7 Å². The summed E-state index contributed by atoms with van der Waals surface area (Å²) in [6, 6.07) is 12.2. The zero-order valence-electron chi connectivity index (χ0n) is 14.4. The number of carbonyl (C=O) groups excluding carboxylic acids is 2. The van der Waals surface area contributed by atoms with Gasteiger partial charge in [-0.05, 0) is 32.0 Å². The first-order valence-corrected chi connectivity index (χ1v) is 8.02. The predicted molar refractivity (Wildman–Crippen MR) is 96.0 cm³/mol. The molecule has 2 heterocycles. The fraction of sp³-hybridized carbons (Fsp3) is 0.167. The van der Waals surface area contributed by atoms with E-state index < -0.39 is 0 Å². The molecule has 0 radical (unpaired) electrons. The number of carbonyl (C=O) groups is 2. The van der Waals surface area contributed by atoms with Gasteiger partial charge in [0.05, 0.1) is 12.2 Å². The molecule has 0 atom stereocenters. The number of nitrogens with one attached hydrogen (secondary N) is 2. The molecule has 0 aliphatic rings. The Labute approximate surface area is 150 Å². The Morgan fingerprint density at radius 1 is 1.08 bits per heavy atom. The van der Waals surface area contributed by atoms with Gasteiger partial charge in [0.1, 0.15) is 12.1 Å². The number of benzene rings is 1. The van der Waals surface area contributed by atoms with E-state index in [9.17, 15) is 9.59 Å². The monoisotopic (exact) mass is 350 g/mol. The third kappa shape index (κ3) is 4.10. The summed E-state index contributed by atoms with van der Waals surface area (Å²) in [7, 11) is 0. The van der Waals surface area contributed by atoms with Gasteiger partial charge >= 0.3 is 0 Å². The second kappa shape index (κ2) is 7.56. The molecular formula is C18H18N6O2. The lowest BCUT2D eigenvalue weighted by atomic mass is 10.2. The largest absolute Gasteiger partial charge is 0.343 e. The van der Waals surface area contributed by atoms with Gasteiger partial charge < -0.3 is 10.6 Å². The summed E-state index contributed by atoms with van der Waals surface area (Å²) in [6.07, 6.45) is 1.35. The summed E-state index contributed by atoms with van der Waals surface area (Å²) in [5.41, 5.74) is 2.29. The Bertz CT molecular complexity index is 936. The number of amides is 2. The van der Waals surface area contributed by atoms with Crippen LogP contribution in [0.25, 0.3) is 5.82 Å². The van der Waals surface area contributed by atoms with Crippen molar-refractivity contribution in [1.29, 1.82) is 0 Å². The van der Waals surface area contributed by atoms with E-state index in [1.165, 1.54) is 6.33 Å². The van der Waals surface area contributed by atoms with Crippen LogP contribution in [0.5, 0.6) is 0 Å².